The van der Waals surface area contributed by atoms with E-state index < -0.39 is 10.0 Å². The van der Waals surface area contributed by atoms with E-state index in [2.05, 4.69) is 4.98 Å². The maximum Gasteiger partial charge on any atom is 0.268 e. The number of pyridine rings is 1. The quantitative estimate of drug-likeness (QED) is 0.448. The number of fused-ring (bicyclic) bond motifs is 1. The van der Waals surface area contributed by atoms with E-state index in [4.69, 9.17) is 0 Å². The van der Waals surface area contributed by atoms with Crippen LogP contribution >= 0.6 is 11.8 Å². The third-order valence-electron chi connectivity index (χ3n) is 4.32. The summed E-state index contributed by atoms with van der Waals surface area (Å²) in [6.45, 7) is 0. The van der Waals surface area contributed by atoms with Crippen LogP contribution in [-0.4, -0.2) is 23.1 Å². The molecule has 6 heteroatoms. The molecule has 4 aromatic rings. The van der Waals surface area contributed by atoms with Crippen molar-refractivity contribution in [3.63, 3.8) is 0 Å². The Morgan fingerprint density at radius 2 is 1.63 bits per heavy atom. The molecular weight excluding hydrogens is 376 g/mol. The summed E-state index contributed by atoms with van der Waals surface area (Å²) in [6.07, 6.45) is 4.30. The maximum atomic E-state index is 13.1. The summed E-state index contributed by atoms with van der Waals surface area (Å²) >= 11 is 1.67. The first kappa shape index (κ1) is 17.8. The summed E-state index contributed by atoms with van der Waals surface area (Å²) in [4.78, 5) is 4.61. The van der Waals surface area contributed by atoms with Gasteiger partial charge in [0.15, 0.2) is 0 Å². The zero-order valence-electron chi connectivity index (χ0n) is 14.5. The van der Waals surface area contributed by atoms with E-state index in [1.54, 1.807) is 48.4 Å². The predicted octanol–water partition coefficient (Wildman–Crippen LogP) is 4.61. The van der Waals surface area contributed by atoms with Gasteiger partial charge in [-0.2, -0.15) is 0 Å². The molecule has 0 unspecified atom stereocenters. The molecule has 2 heterocycles. The van der Waals surface area contributed by atoms with E-state index >= 15 is 0 Å². The highest BCUT2D eigenvalue weighted by molar-refractivity contribution is 7.99. The summed E-state index contributed by atoms with van der Waals surface area (Å²) in [5.74, 6) is 0.830. The lowest BCUT2D eigenvalue weighted by molar-refractivity contribution is 0.589. The third-order valence-corrected chi connectivity index (χ3v) is 6.95. The summed E-state index contributed by atoms with van der Waals surface area (Å²) < 4.78 is 27.6. The monoisotopic (exact) mass is 394 g/mol. The SMILES string of the molecule is O=S(=O)(c1ccccc1)n1cc(CCSc2ccccn2)c2ccccc21. The Kier molecular flexibility index (Phi) is 5.01. The predicted molar refractivity (Wildman–Crippen MR) is 110 cm³/mol. The summed E-state index contributed by atoms with van der Waals surface area (Å²) in [5, 5.41) is 1.94. The highest BCUT2D eigenvalue weighted by atomic mass is 32.2. The van der Waals surface area contributed by atoms with Gasteiger partial charge in [-0.05, 0) is 42.3 Å². The van der Waals surface area contributed by atoms with Gasteiger partial charge in [-0.25, -0.2) is 17.4 Å². The first-order valence-electron chi connectivity index (χ1n) is 8.60. The van der Waals surface area contributed by atoms with Crippen LogP contribution in [0.15, 0.2) is 95.1 Å². The minimum Gasteiger partial charge on any atom is -0.250 e. The first-order valence-corrected chi connectivity index (χ1v) is 11.0. The van der Waals surface area contributed by atoms with Gasteiger partial charge in [0.25, 0.3) is 10.0 Å². The van der Waals surface area contributed by atoms with Crippen molar-refractivity contribution in [2.75, 3.05) is 5.75 Å². The molecule has 0 saturated carbocycles. The topological polar surface area (TPSA) is 52.0 Å². The number of para-hydroxylation sites is 1. The lowest BCUT2D eigenvalue weighted by Crippen LogP contribution is -2.11. The zero-order chi connectivity index (χ0) is 18.7. The van der Waals surface area contributed by atoms with Crippen LogP contribution in [0.1, 0.15) is 5.56 Å². The molecule has 0 atom stereocenters. The molecule has 2 aromatic carbocycles. The van der Waals surface area contributed by atoms with Gasteiger partial charge in [0.1, 0.15) is 0 Å². The molecule has 0 amide bonds. The maximum absolute atomic E-state index is 13.1. The molecule has 0 bridgehead atoms. The van der Waals surface area contributed by atoms with Crippen molar-refractivity contribution in [1.82, 2.24) is 8.96 Å². The zero-order valence-corrected chi connectivity index (χ0v) is 16.2. The van der Waals surface area contributed by atoms with Crippen LogP contribution in [0.5, 0.6) is 0 Å². The van der Waals surface area contributed by atoms with Gasteiger partial charge in [-0.1, -0.05) is 42.5 Å². The van der Waals surface area contributed by atoms with Gasteiger partial charge < -0.3 is 0 Å². The Balaban J connectivity index is 1.67. The van der Waals surface area contributed by atoms with Crippen molar-refractivity contribution in [1.29, 1.82) is 0 Å². The Morgan fingerprint density at radius 3 is 2.41 bits per heavy atom. The van der Waals surface area contributed by atoms with Gasteiger partial charge in [-0.15, -0.1) is 11.8 Å². The van der Waals surface area contributed by atoms with E-state index in [1.165, 1.54) is 3.97 Å². The molecule has 0 N–H and O–H groups in total. The van der Waals surface area contributed by atoms with Crippen LogP contribution in [-0.2, 0) is 16.4 Å². The Labute approximate surface area is 162 Å². The number of nitrogens with zero attached hydrogens (tertiary/aromatic N) is 2. The second-order valence-corrected chi connectivity index (χ2v) is 8.98. The Morgan fingerprint density at radius 1 is 0.889 bits per heavy atom. The number of hydrogen-bond donors (Lipinski definition) is 0. The van der Waals surface area contributed by atoms with E-state index in [0.717, 1.165) is 28.1 Å². The van der Waals surface area contributed by atoms with Gasteiger partial charge in [0.05, 0.1) is 15.4 Å². The molecule has 0 aliphatic carbocycles. The lowest BCUT2D eigenvalue weighted by atomic mass is 10.1. The second kappa shape index (κ2) is 7.58. The summed E-state index contributed by atoms with van der Waals surface area (Å²) in [7, 11) is -3.62. The molecule has 0 saturated heterocycles. The smallest absolute Gasteiger partial charge is 0.250 e. The summed E-state index contributed by atoms with van der Waals surface area (Å²) in [6, 6.07) is 22.0. The van der Waals surface area contributed by atoms with Crippen molar-refractivity contribution >= 4 is 32.7 Å². The van der Waals surface area contributed by atoms with Crippen LogP contribution in [0, 0.1) is 0 Å². The van der Waals surface area contributed by atoms with Gasteiger partial charge in [0.2, 0.25) is 0 Å². The van der Waals surface area contributed by atoms with Crippen molar-refractivity contribution in [2.24, 2.45) is 0 Å². The van der Waals surface area contributed by atoms with Crippen LogP contribution < -0.4 is 0 Å². The van der Waals surface area contributed by atoms with Gasteiger partial charge >= 0.3 is 0 Å². The molecule has 0 spiro atoms. The molecule has 4 rings (SSSR count). The van der Waals surface area contributed by atoms with Crippen LogP contribution in [0.25, 0.3) is 10.9 Å². The fourth-order valence-electron chi connectivity index (χ4n) is 3.02. The van der Waals surface area contributed by atoms with E-state index in [0.29, 0.717) is 10.4 Å². The fraction of sp³-hybridized carbons (Fsp3) is 0.0952. The minimum absolute atomic E-state index is 0.292. The highest BCUT2D eigenvalue weighted by Crippen LogP contribution is 2.27. The standard InChI is InChI=1S/C21H18N2O2S2/c24-27(25,18-8-2-1-3-9-18)23-16-17(19-10-4-5-11-20(19)23)13-15-26-21-12-6-7-14-22-21/h1-12,14,16H,13,15H2. The summed E-state index contributed by atoms with van der Waals surface area (Å²) in [5.41, 5.74) is 1.73. The number of hydrogen-bond acceptors (Lipinski definition) is 4. The average Bonchev–Trinajstić information content (AvgIpc) is 3.09. The molecule has 0 radical (unpaired) electrons. The van der Waals surface area contributed by atoms with Crippen molar-refractivity contribution in [2.45, 2.75) is 16.3 Å². The van der Waals surface area contributed by atoms with Gasteiger partial charge in [0, 0.05) is 23.5 Å². The van der Waals surface area contributed by atoms with Crippen molar-refractivity contribution < 1.29 is 8.42 Å². The largest absolute Gasteiger partial charge is 0.268 e. The van der Waals surface area contributed by atoms with Crippen LogP contribution in [0.3, 0.4) is 0 Å². The lowest BCUT2D eigenvalue weighted by Gasteiger charge is -2.07. The van der Waals surface area contributed by atoms with Crippen LogP contribution in [0.2, 0.25) is 0 Å². The van der Waals surface area contributed by atoms with Crippen molar-refractivity contribution in [3.05, 3.63) is 90.8 Å². The Bertz CT molecular complexity index is 1150. The molecule has 2 aromatic heterocycles. The van der Waals surface area contributed by atoms with Crippen LogP contribution in [0.4, 0.5) is 0 Å². The molecule has 0 aliphatic rings. The second-order valence-electron chi connectivity index (χ2n) is 6.05. The van der Waals surface area contributed by atoms with E-state index in [9.17, 15) is 8.42 Å². The molecule has 0 fully saturated rings. The normalized spacial score (nSPS) is 11.7. The number of benzene rings is 2. The molecule has 136 valence electrons. The third kappa shape index (κ3) is 3.63. The molecule has 27 heavy (non-hydrogen) atoms. The molecular formula is C21H18N2O2S2. The molecule has 4 nitrogen and oxygen atoms in total. The number of rotatable bonds is 6. The first-order chi connectivity index (χ1) is 13.2. The Hall–Kier alpha value is -2.57. The number of aromatic nitrogens is 2. The van der Waals surface area contributed by atoms with E-state index in [-0.39, 0.29) is 0 Å². The van der Waals surface area contributed by atoms with Gasteiger partial charge in [-0.3, -0.25) is 0 Å². The minimum atomic E-state index is -3.62. The fourth-order valence-corrected chi connectivity index (χ4v) is 5.27. The average molecular weight is 395 g/mol. The number of thioether (sulfide) groups is 1. The molecule has 0 aliphatic heterocycles. The van der Waals surface area contributed by atoms with Crippen molar-refractivity contribution in [3.8, 4) is 0 Å². The van der Waals surface area contributed by atoms with E-state index in [1.807, 2.05) is 48.5 Å². The highest BCUT2D eigenvalue weighted by Gasteiger charge is 2.20. The number of aryl methyl sites for hydroxylation is 1.